The number of non-ortho nitro benzene ring substituents is 1. The number of rotatable bonds is 7. The molecule has 0 fully saturated rings. The van der Waals surface area contributed by atoms with E-state index >= 15 is 0 Å². The largest absolute Gasteiger partial charge is 0.492 e. The van der Waals surface area contributed by atoms with Gasteiger partial charge in [0.25, 0.3) is 11.6 Å². The Morgan fingerprint density at radius 3 is 2.40 bits per heavy atom. The first-order valence-electron chi connectivity index (χ1n) is 8.62. The molecular weight excluding hydrogens is 405 g/mol. The Kier molecular flexibility index (Phi) is 6.00. The van der Waals surface area contributed by atoms with Crippen LogP contribution in [0.1, 0.15) is 15.9 Å². The number of benzene rings is 2. The maximum Gasteiger partial charge on any atom is 0.416 e. The maximum atomic E-state index is 12.5. The molecule has 0 bridgehead atoms. The molecule has 11 heteroatoms. The van der Waals surface area contributed by atoms with Gasteiger partial charge < -0.3 is 10.1 Å². The van der Waals surface area contributed by atoms with Gasteiger partial charge in [0, 0.05) is 18.3 Å². The minimum absolute atomic E-state index is 0.0584. The summed E-state index contributed by atoms with van der Waals surface area (Å²) in [5, 5.41) is 17.3. The van der Waals surface area contributed by atoms with Gasteiger partial charge >= 0.3 is 6.18 Å². The van der Waals surface area contributed by atoms with Crippen molar-refractivity contribution >= 4 is 11.6 Å². The molecule has 0 aliphatic rings. The van der Waals surface area contributed by atoms with Gasteiger partial charge in [-0.15, -0.1) is 0 Å². The third-order valence-corrected chi connectivity index (χ3v) is 4.01. The molecule has 3 rings (SSSR count). The number of hydrogen-bond donors (Lipinski definition) is 1. The first kappa shape index (κ1) is 20.8. The monoisotopic (exact) mass is 420 g/mol. The summed E-state index contributed by atoms with van der Waals surface area (Å²) in [6.07, 6.45) is -1.61. The van der Waals surface area contributed by atoms with Crippen molar-refractivity contribution in [1.29, 1.82) is 0 Å². The number of ether oxygens (including phenoxy) is 1. The van der Waals surface area contributed by atoms with Gasteiger partial charge in [-0.1, -0.05) is 0 Å². The quantitative estimate of drug-likeness (QED) is 0.358. The van der Waals surface area contributed by atoms with E-state index in [1.165, 1.54) is 53.5 Å². The number of halogens is 3. The molecule has 0 spiro atoms. The number of nitro groups is 1. The summed E-state index contributed by atoms with van der Waals surface area (Å²) < 4.78 is 44.2. The first-order chi connectivity index (χ1) is 14.2. The number of aromatic nitrogens is 2. The lowest BCUT2D eigenvalue weighted by atomic mass is 10.2. The van der Waals surface area contributed by atoms with Crippen LogP contribution < -0.4 is 10.1 Å². The number of carbonyl (C=O) groups excluding carboxylic acids is 1. The molecule has 0 unspecified atom stereocenters. The Bertz CT molecular complexity index is 1030. The summed E-state index contributed by atoms with van der Waals surface area (Å²) in [5.74, 6) is -0.164. The molecule has 0 saturated heterocycles. The second-order valence-corrected chi connectivity index (χ2v) is 6.07. The van der Waals surface area contributed by atoms with Crippen LogP contribution in [0.25, 0.3) is 5.69 Å². The molecule has 1 heterocycles. The predicted octanol–water partition coefficient (Wildman–Crippen LogP) is 3.61. The summed E-state index contributed by atoms with van der Waals surface area (Å²) in [7, 11) is 0. The zero-order chi connectivity index (χ0) is 21.7. The van der Waals surface area contributed by atoms with Crippen molar-refractivity contribution in [2.45, 2.75) is 6.18 Å². The van der Waals surface area contributed by atoms with E-state index in [9.17, 15) is 28.1 Å². The van der Waals surface area contributed by atoms with Crippen LogP contribution >= 0.6 is 0 Å². The molecular formula is C19H15F3N4O4. The van der Waals surface area contributed by atoms with E-state index < -0.39 is 22.6 Å². The minimum atomic E-state index is -4.41. The van der Waals surface area contributed by atoms with E-state index in [0.717, 1.165) is 12.1 Å². The van der Waals surface area contributed by atoms with Crippen LogP contribution in [0.2, 0.25) is 0 Å². The minimum Gasteiger partial charge on any atom is -0.492 e. The van der Waals surface area contributed by atoms with Crippen LogP contribution in [0.5, 0.6) is 5.75 Å². The van der Waals surface area contributed by atoms with Crippen LogP contribution in [0.3, 0.4) is 0 Å². The molecule has 8 nitrogen and oxygen atoms in total. The lowest BCUT2D eigenvalue weighted by molar-refractivity contribution is -0.384. The number of carbonyl (C=O) groups is 1. The standard InChI is InChI=1S/C19H15F3N4O4/c20-19(21,22)14-1-7-17(8-2-14)30-10-9-23-18(27)13-11-24-25(12-13)15-3-5-16(6-4-15)26(28)29/h1-8,11-12H,9-10H2,(H,23,27). The zero-order valence-electron chi connectivity index (χ0n) is 15.3. The van der Waals surface area contributed by atoms with Crippen LogP contribution in [0.4, 0.5) is 18.9 Å². The fraction of sp³-hybridized carbons (Fsp3) is 0.158. The highest BCUT2D eigenvalue weighted by molar-refractivity contribution is 5.93. The van der Waals surface area contributed by atoms with E-state index in [0.29, 0.717) is 5.69 Å². The molecule has 30 heavy (non-hydrogen) atoms. The van der Waals surface area contributed by atoms with Gasteiger partial charge in [-0.05, 0) is 36.4 Å². The molecule has 1 aromatic heterocycles. The Morgan fingerprint density at radius 1 is 1.13 bits per heavy atom. The van der Waals surface area contributed by atoms with Crippen LogP contribution in [0.15, 0.2) is 60.9 Å². The molecule has 0 radical (unpaired) electrons. The second kappa shape index (κ2) is 8.64. The summed E-state index contributed by atoms with van der Waals surface area (Å²) >= 11 is 0. The summed E-state index contributed by atoms with van der Waals surface area (Å²) in [4.78, 5) is 22.3. The summed E-state index contributed by atoms with van der Waals surface area (Å²) in [6.45, 7) is 0.191. The average Bonchev–Trinajstić information content (AvgIpc) is 3.21. The second-order valence-electron chi connectivity index (χ2n) is 6.07. The highest BCUT2D eigenvalue weighted by atomic mass is 19.4. The van der Waals surface area contributed by atoms with E-state index in [1.54, 1.807) is 0 Å². The van der Waals surface area contributed by atoms with E-state index in [2.05, 4.69) is 10.4 Å². The zero-order valence-corrected chi connectivity index (χ0v) is 15.3. The fourth-order valence-electron chi connectivity index (χ4n) is 2.48. The molecule has 1 amide bonds. The highest BCUT2D eigenvalue weighted by Gasteiger charge is 2.30. The normalized spacial score (nSPS) is 11.2. The van der Waals surface area contributed by atoms with Crippen LogP contribution in [-0.4, -0.2) is 33.8 Å². The first-order valence-corrected chi connectivity index (χ1v) is 8.62. The van der Waals surface area contributed by atoms with E-state index in [1.807, 2.05) is 0 Å². The van der Waals surface area contributed by atoms with Crippen molar-refractivity contribution in [3.63, 3.8) is 0 Å². The Hall–Kier alpha value is -3.89. The molecule has 0 atom stereocenters. The van der Waals surface area contributed by atoms with Gasteiger partial charge in [0.1, 0.15) is 12.4 Å². The number of alkyl halides is 3. The fourth-order valence-corrected chi connectivity index (χ4v) is 2.48. The topological polar surface area (TPSA) is 99.3 Å². The number of nitro benzene ring substituents is 1. The van der Waals surface area contributed by atoms with Crippen molar-refractivity contribution in [2.75, 3.05) is 13.2 Å². The van der Waals surface area contributed by atoms with Crippen molar-refractivity contribution in [2.24, 2.45) is 0 Å². The average molecular weight is 420 g/mol. The van der Waals surface area contributed by atoms with Gasteiger partial charge in [0.05, 0.1) is 34.5 Å². The Balaban J connectivity index is 1.49. The number of hydrogen-bond acceptors (Lipinski definition) is 5. The number of nitrogens with one attached hydrogen (secondary N) is 1. The lowest BCUT2D eigenvalue weighted by Crippen LogP contribution is -2.27. The van der Waals surface area contributed by atoms with Gasteiger partial charge in [-0.3, -0.25) is 14.9 Å². The van der Waals surface area contributed by atoms with Crippen molar-refractivity contribution in [3.8, 4) is 11.4 Å². The van der Waals surface area contributed by atoms with Gasteiger partial charge in [0.15, 0.2) is 0 Å². The van der Waals surface area contributed by atoms with Crippen molar-refractivity contribution in [3.05, 3.63) is 82.2 Å². The predicted molar refractivity (Wildman–Crippen MR) is 99.5 cm³/mol. The van der Waals surface area contributed by atoms with Crippen LogP contribution in [-0.2, 0) is 6.18 Å². The van der Waals surface area contributed by atoms with E-state index in [4.69, 9.17) is 4.74 Å². The molecule has 156 valence electrons. The molecule has 0 aliphatic carbocycles. The van der Waals surface area contributed by atoms with Gasteiger partial charge in [0.2, 0.25) is 0 Å². The lowest BCUT2D eigenvalue weighted by Gasteiger charge is -2.09. The van der Waals surface area contributed by atoms with Crippen molar-refractivity contribution < 1.29 is 27.6 Å². The Morgan fingerprint density at radius 2 is 1.80 bits per heavy atom. The van der Waals surface area contributed by atoms with Crippen molar-refractivity contribution in [1.82, 2.24) is 15.1 Å². The Labute approximate surface area is 168 Å². The summed E-state index contributed by atoms with van der Waals surface area (Å²) in [5.41, 5.74) is -0.0155. The molecule has 0 saturated carbocycles. The summed E-state index contributed by atoms with van der Waals surface area (Å²) in [6, 6.07) is 9.92. The molecule has 3 aromatic rings. The SMILES string of the molecule is O=C(NCCOc1ccc(C(F)(F)F)cc1)c1cnn(-c2ccc([N+](=O)[O-])cc2)c1. The highest BCUT2D eigenvalue weighted by Crippen LogP contribution is 2.30. The van der Waals surface area contributed by atoms with Crippen LogP contribution in [0, 0.1) is 10.1 Å². The maximum absolute atomic E-state index is 12.5. The van der Waals surface area contributed by atoms with E-state index in [-0.39, 0.29) is 30.2 Å². The smallest absolute Gasteiger partial charge is 0.416 e. The molecule has 0 aliphatic heterocycles. The van der Waals surface area contributed by atoms with Gasteiger partial charge in [-0.25, -0.2) is 4.68 Å². The number of amides is 1. The van der Waals surface area contributed by atoms with Gasteiger partial charge in [-0.2, -0.15) is 18.3 Å². The third kappa shape index (κ3) is 5.13. The molecule has 2 aromatic carbocycles. The third-order valence-electron chi connectivity index (χ3n) is 4.01. The molecule has 1 N–H and O–H groups in total. The number of nitrogens with zero attached hydrogens (tertiary/aromatic N) is 3.